The lowest BCUT2D eigenvalue weighted by molar-refractivity contribution is 0.401. The van der Waals surface area contributed by atoms with Gasteiger partial charge in [0.05, 0.1) is 5.69 Å². The third-order valence-electron chi connectivity index (χ3n) is 1.85. The molecule has 1 aromatic rings. The predicted molar refractivity (Wildman–Crippen MR) is 57.0 cm³/mol. The van der Waals surface area contributed by atoms with Gasteiger partial charge in [-0.3, -0.25) is 4.79 Å². The summed E-state index contributed by atoms with van der Waals surface area (Å²) in [6, 6.07) is 1.66. The molecule has 0 aliphatic carbocycles. The second-order valence-electron chi connectivity index (χ2n) is 4.76. The number of hydrogen-bond acceptors (Lipinski definition) is 3. The Morgan fingerprint density at radius 3 is 2.50 bits per heavy atom. The smallest absolute Gasteiger partial charge is 0.289 e. The maximum absolute atomic E-state index is 11.3. The second-order valence-corrected chi connectivity index (χ2v) is 4.76. The molecule has 0 atom stereocenters. The minimum Gasteiger partial charge on any atom is -0.394 e. The minimum atomic E-state index is -0.234. The summed E-state index contributed by atoms with van der Waals surface area (Å²) >= 11 is 0. The van der Waals surface area contributed by atoms with Crippen molar-refractivity contribution in [2.24, 2.45) is 12.5 Å². The summed E-state index contributed by atoms with van der Waals surface area (Å²) in [5.41, 5.74) is 6.61. The van der Waals surface area contributed by atoms with Crippen LogP contribution in [-0.4, -0.2) is 9.78 Å². The van der Waals surface area contributed by atoms with E-state index in [0.717, 1.165) is 12.1 Å². The van der Waals surface area contributed by atoms with E-state index < -0.39 is 0 Å². The third kappa shape index (κ3) is 2.58. The first-order valence-corrected chi connectivity index (χ1v) is 4.62. The molecule has 0 unspecified atom stereocenters. The van der Waals surface area contributed by atoms with E-state index in [1.807, 2.05) is 0 Å². The van der Waals surface area contributed by atoms with Crippen molar-refractivity contribution in [2.45, 2.75) is 27.2 Å². The largest absolute Gasteiger partial charge is 0.394 e. The Hall–Kier alpha value is -1.32. The van der Waals surface area contributed by atoms with Crippen molar-refractivity contribution in [3.05, 3.63) is 22.1 Å². The van der Waals surface area contributed by atoms with E-state index in [4.69, 9.17) is 5.73 Å². The Kier molecular flexibility index (Phi) is 2.64. The zero-order chi connectivity index (χ0) is 10.9. The first kappa shape index (κ1) is 10.8. The van der Waals surface area contributed by atoms with Crippen LogP contribution in [0.25, 0.3) is 0 Å². The highest BCUT2D eigenvalue weighted by molar-refractivity contribution is 5.35. The zero-order valence-electron chi connectivity index (χ0n) is 9.16. The summed E-state index contributed by atoms with van der Waals surface area (Å²) in [4.78, 5) is 11.3. The number of anilines is 1. The summed E-state index contributed by atoms with van der Waals surface area (Å²) < 4.78 is 1.29. The molecule has 0 amide bonds. The maximum Gasteiger partial charge on any atom is 0.289 e. The molecule has 4 heteroatoms. The maximum atomic E-state index is 11.3. The topological polar surface area (TPSA) is 60.9 Å². The number of aryl methyl sites for hydroxylation is 1. The van der Waals surface area contributed by atoms with Gasteiger partial charge < -0.3 is 5.73 Å². The number of hydrogen-bond donors (Lipinski definition) is 1. The highest BCUT2D eigenvalue weighted by Crippen LogP contribution is 2.19. The van der Waals surface area contributed by atoms with Crippen LogP contribution in [0.15, 0.2) is 10.9 Å². The molecule has 4 nitrogen and oxygen atoms in total. The minimum absolute atomic E-state index is 0.150. The highest BCUT2D eigenvalue weighted by atomic mass is 16.1. The molecule has 1 rings (SSSR count). The zero-order valence-corrected chi connectivity index (χ0v) is 9.16. The van der Waals surface area contributed by atoms with Crippen LogP contribution >= 0.6 is 0 Å². The van der Waals surface area contributed by atoms with E-state index in [0.29, 0.717) is 0 Å². The van der Waals surface area contributed by atoms with Crippen LogP contribution in [0.5, 0.6) is 0 Å². The van der Waals surface area contributed by atoms with Crippen molar-refractivity contribution in [2.75, 3.05) is 5.73 Å². The summed E-state index contributed by atoms with van der Waals surface area (Å²) in [7, 11) is 1.62. The predicted octanol–water partition coefficient (Wildman–Crippen LogP) is 0.951. The molecule has 0 aliphatic heterocycles. The quantitative estimate of drug-likeness (QED) is 0.725. The summed E-state index contributed by atoms with van der Waals surface area (Å²) in [6.07, 6.45) is 0.811. The van der Waals surface area contributed by atoms with Crippen LogP contribution in [0.3, 0.4) is 0 Å². The van der Waals surface area contributed by atoms with Crippen molar-refractivity contribution in [1.29, 1.82) is 0 Å². The van der Waals surface area contributed by atoms with Gasteiger partial charge in [0.25, 0.3) is 5.56 Å². The van der Waals surface area contributed by atoms with Gasteiger partial charge in [0.2, 0.25) is 0 Å². The Balaban J connectivity index is 3.08. The number of nitrogens with zero attached hydrogens (tertiary/aromatic N) is 2. The van der Waals surface area contributed by atoms with E-state index in [1.165, 1.54) is 4.68 Å². The molecular weight excluding hydrogens is 178 g/mol. The van der Waals surface area contributed by atoms with Gasteiger partial charge in [-0.1, -0.05) is 20.8 Å². The van der Waals surface area contributed by atoms with E-state index in [9.17, 15) is 4.79 Å². The van der Waals surface area contributed by atoms with E-state index in [-0.39, 0.29) is 16.7 Å². The van der Waals surface area contributed by atoms with Crippen LogP contribution < -0.4 is 11.3 Å². The van der Waals surface area contributed by atoms with Crippen LogP contribution in [0.1, 0.15) is 26.5 Å². The summed E-state index contributed by atoms with van der Waals surface area (Å²) in [6.45, 7) is 6.36. The lowest BCUT2D eigenvalue weighted by Gasteiger charge is -2.17. The molecule has 0 radical (unpaired) electrons. The number of nitrogen functional groups attached to an aromatic ring is 1. The Labute approximate surface area is 83.7 Å². The third-order valence-corrected chi connectivity index (χ3v) is 1.85. The number of rotatable bonds is 1. The van der Waals surface area contributed by atoms with Crippen molar-refractivity contribution >= 4 is 5.69 Å². The average molecular weight is 195 g/mol. The fourth-order valence-corrected chi connectivity index (χ4v) is 1.32. The Morgan fingerprint density at radius 2 is 2.07 bits per heavy atom. The Bertz CT molecular complexity index is 361. The number of nitrogens with two attached hydrogens (primary N) is 1. The lowest BCUT2D eigenvalue weighted by atomic mass is 9.90. The van der Waals surface area contributed by atoms with Crippen LogP contribution in [0.2, 0.25) is 0 Å². The molecule has 1 aromatic heterocycles. The van der Waals surface area contributed by atoms with Crippen LogP contribution in [0.4, 0.5) is 5.69 Å². The standard InChI is InChI=1S/C10H17N3O/c1-10(2,3)6-7-5-8(11)9(14)13(4)12-7/h5H,6,11H2,1-4H3. The molecule has 2 N–H and O–H groups in total. The van der Waals surface area contributed by atoms with Gasteiger partial charge in [-0.25, -0.2) is 4.68 Å². The van der Waals surface area contributed by atoms with Gasteiger partial charge >= 0.3 is 0 Å². The van der Waals surface area contributed by atoms with Crippen molar-refractivity contribution < 1.29 is 0 Å². The molecule has 1 heterocycles. The molecule has 0 aromatic carbocycles. The summed E-state index contributed by atoms with van der Waals surface area (Å²) in [5, 5.41) is 4.14. The molecule has 0 bridgehead atoms. The molecule has 14 heavy (non-hydrogen) atoms. The highest BCUT2D eigenvalue weighted by Gasteiger charge is 2.13. The van der Waals surface area contributed by atoms with Gasteiger partial charge in [-0.2, -0.15) is 5.10 Å². The first-order valence-electron chi connectivity index (χ1n) is 4.62. The fourth-order valence-electron chi connectivity index (χ4n) is 1.32. The molecular formula is C10H17N3O. The lowest BCUT2D eigenvalue weighted by Crippen LogP contribution is -2.25. The van der Waals surface area contributed by atoms with Gasteiger partial charge in [0.1, 0.15) is 5.69 Å². The van der Waals surface area contributed by atoms with Crippen LogP contribution in [-0.2, 0) is 13.5 Å². The van der Waals surface area contributed by atoms with Crippen molar-refractivity contribution in [3.8, 4) is 0 Å². The Morgan fingerprint density at radius 1 is 1.50 bits per heavy atom. The monoisotopic (exact) mass is 195 g/mol. The van der Waals surface area contributed by atoms with Gasteiger partial charge in [0, 0.05) is 7.05 Å². The molecule has 78 valence electrons. The fraction of sp³-hybridized carbons (Fsp3) is 0.600. The van der Waals surface area contributed by atoms with Crippen molar-refractivity contribution in [3.63, 3.8) is 0 Å². The second kappa shape index (κ2) is 3.44. The average Bonchev–Trinajstić information content (AvgIpc) is 1.96. The van der Waals surface area contributed by atoms with Crippen molar-refractivity contribution in [1.82, 2.24) is 9.78 Å². The molecule has 0 saturated carbocycles. The van der Waals surface area contributed by atoms with E-state index in [2.05, 4.69) is 25.9 Å². The molecule has 0 aliphatic rings. The SMILES string of the molecule is Cn1nc(CC(C)(C)C)cc(N)c1=O. The van der Waals surface area contributed by atoms with Gasteiger partial charge in [-0.15, -0.1) is 0 Å². The van der Waals surface area contributed by atoms with Crippen LogP contribution in [0, 0.1) is 5.41 Å². The molecule has 0 saturated heterocycles. The van der Waals surface area contributed by atoms with Gasteiger partial charge in [-0.05, 0) is 17.9 Å². The molecule has 0 fully saturated rings. The van der Waals surface area contributed by atoms with Gasteiger partial charge in [0.15, 0.2) is 0 Å². The summed E-state index contributed by atoms with van der Waals surface area (Å²) in [5.74, 6) is 0. The first-order chi connectivity index (χ1) is 6.29. The normalized spacial score (nSPS) is 11.7. The van der Waals surface area contributed by atoms with E-state index in [1.54, 1.807) is 13.1 Å². The molecule has 0 spiro atoms. The number of aromatic nitrogens is 2. The van der Waals surface area contributed by atoms with E-state index >= 15 is 0 Å².